The van der Waals surface area contributed by atoms with E-state index in [0.717, 1.165) is 48.1 Å². The van der Waals surface area contributed by atoms with Gasteiger partial charge in [0.05, 0.1) is 12.2 Å². The Bertz CT molecular complexity index is 717. The molecule has 1 aliphatic carbocycles. The van der Waals surface area contributed by atoms with Crippen LogP contribution in [0, 0.1) is 0 Å². The number of aromatic nitrogens is 3. The molecule has 1 saturated carbocycles. The van der Waals surface area contributed by atoms with Crippen LogP contribution in [0.15, 0.2) is 27.2 Å². The molecule has 126 valence electrons. The number of rotatable bonds is 5. The number of hydrogen-bond acceptors (Lipinski definition) is 6. The van der Waals surface area contributed by atoms with Gasteiger partial charge in [0, 0.05) is 48.3 Å². The van der Waals surface area contributed by atoms with Crippen molar-refractivity contribution in [3.8, 4) is 0 Å². The highest BCUT2D eigenvalue weighted by Crippen LogP contribution is 2.39. The van der Waals surface area contributed by atoms with Crippen LogP contribution in [-0.4, -0.2) is 50.2 Å². The highest BCUT2D eigenvalue weighted by atomic mass is 79.9. The molecule has 2 bridgehead atoms. The topological polar surface area (TPSA) is 58.3 Å². The van der Waals surface area contributed by atoms with Crippen molar-refractivity contribution < 1.29 is 4.42 Å². The number of fused-ring (bicyclic) bond motifs is 2. The molecule has 3 saturated heterocycles. The van der Waals surface area contributed by atoms with Gasteiger partial charge >= 0.3 is 0 Å². The van der Waals surface area contributed by atoms with E-state index in [4.69, 9.17) is 4.42 Å². The van der Waals surface area contributed by atoms with E-state index < -0.39 is 0 Å². The second-order valence-electron chi connectivity index (χ2n) is 7.19. The number of pyridine rings is 1. The lowest BCUT2D eigenvalue weighted by Gasteiger charge is -2.56. The summed E-state index contributed by atoms with van der Waals surface area (Å²) in [5.41, 5.74) is 1.14. The molecule has 6 nitrogen and oxygen atoms in total. The van der Waals surface area contributed by atoms with Crippen LogP contribution in [0.3, 0.4) is 0 Å². The van der Waals surface area contributed by atoms with Gasteiger partial charge in [-0.3, -0.25) is 14.8 Å². The summed E-state index contributed by atoms with van der Waals surface area (Å²) in [7, 11) is 0. The van der Waals surface area contributed by atoms with Gasteiger partial charge in [-0.2, -0.15) is 0 Å². The normalized spacial score (nSPS) is 27.2. The molecule has 4 fully saturated rings. The average Bonchev–Trinajstić information content (AvgIpc) is 3.34. The molecular formula is C17H20BrN5O. The van der Waals surface area contributed by atoms with Crippen LogP contribution >= 0.6 is 15.9 Å². The SMILES string of the molecule is Brc1ccc(CN2CC3CC(C2)N3Cc2nnc(C3CC3)o2)nc1. The Labute approximate surface area is 149 Å². The Balaban J connectivity index is 1.18. The zero-order valence-corrected chi connectivity index (χ0v) is 15.0. The minimum Gasteiger partial charge on any atom is -0.424 e. The van der Waals surface area contributed by atoms with Crippen molar-refractivity contribution in [1.29, 1.82) is 0 Å². The zero-order chi connectivity index (χ0) is 16.1. The first-order chi connectivity index (χ1) is 11.7. The van der Waals surface area contributed by atoms with Crippen molar-refractivity contribution >= 4 is 15.9 Å². The van der Waals surface area contributed by atoms with Gasteiger partial charge in [0.1, 0.15) is 0 Å². The van der Waals surface area contributed by atoms with Crippen LogP contribution in [0.1, 0.15) is 42.7 Å². The van der Waals surface area contributed by atoms with E-state index in [1.807, 2.05) is 6.20 Å². The maximum Gasteiger partial charge on any atom is 0.230 e. The van der Waals surface area contributed by atoms with Gasteiger partial charge < -0.3 is 4.42 Å². The van der Waals surface area contributed by atoms with Crippen molar-refractivity contribution in [3.05, 3.63) is 40.3 Å². The Kier molecular flexibility index (Phi) is 3.68. The van der Waals surface area contributed by atoms with Crippen molar-refractivity contribution in [2.24, 2.45) is 0 Å². The first-order valence-electron chi connectivity index (χ1n) is 8.65. The summed E-state index contributed by atoms with van der Waals surface area (Å²) >= 11 is 3.44. The van der Waals surface area contributed by atoms with Gasteiger partial charge in [-0.15, -0.1) is 10.2 Å². The Hall–Kier alpha value is -1.31. The van der Waals surface area contributed by atoms with Crippen molar-refractivity contribution in [2.45, 2.75) is 50.4 Å². The Morgan fingerprint density at radius 1 is 1.12 bits per heavy atom. The first kappa shape index (κ1) is 15.0. The number of hydrogen-bond donors (Lipinski definition) is 0. The average molecular weight is 390 g/mol. The molecule has 5 heterocycles. The Morgan fingerprint density at radius 2 is 1.96 bits per heavy atom. The monoisotopic (exact) mass is 389 g/mol. The predicted molar refractivity (Wildman–Crippen MR) is 91.2 cm³/mol. The van der Waals surface area contributed by atoms with Crippen molar-refractivity contribution in [1.82, 2.24) is 25.0 Å². The van der Waals surface area contributed by atoms with E-state index in [-0.39, 0.29) is 0 Å². The molecule has 0 radical (unpaired) electrons. The summed E-state index contributed by atoms with van der Waals surface area (Å²) in [4.78, 5) is 9.52. The molecule has 2 atom stereocenters. The summed E-state index contributed by atoms with van der Waals surface area (Å²) in [6, 6.07) is 5.37. The van der Waals surface area contributed by atoms with E-state index in [1.165, 1.54) is 19.3 Å². The summed E-state index contributed by atoms with van der Waals surface area (Å²) in [5, 5.41) is 8.43. The van der Waals surface area contributed by atoms with Gasteiger partial charge in [0.2, 0.25) is 11.8 Å². The number of nitrogens with zero attached hydrogens (tertiary/aromatic N) is 5. The van der Waals surface area contributed by atoms with Crippen LogP contribution in [-0.2, 0) is 13.1 Å². The van der Waals surface area contributed by atoms with Crippen LogP contribution in [0.25, 0.3) is 0 Å². The second-order valence-corrected chi connectivity index (χ2v) is 8.10. The summed E-state index contributed by atoms with van der Waals surface area (Å²) in [5.74, 6) is 2.17. The van der Waals surface area contributed by atoms with Gasteiger partial charge in [0.15, 0.2) is 0 Å². The van der Waals surface area contributed by atoms with E-state index in [1.54, 1.807) is 0 Å². The molecule has 3 aliphatic heterocycles. The third kappa shape index (κ3) is 2.89. The molecule has 7 heteroatoms. The molecule has 0 aromatic carbocycles. The number of piperidine rings is 1. The van der Waals surface area contributed by atoms with E-state index >= 15 is 0 Å². The zero-order valence-electron chi connectivity index (χ0n) is 13.4. The van der Waals surface area contributed by atoms with Gasteiger partial charge in [0.25, 0.3) is 0 Å². The largest absolute Gasteiger partial charge is 0.424 e. The maximum absolute atomic E-state index is 5.82. The quantitative estimate of drug-likeness (QED) is 0.782. The van der Waals surface area contributed by atoms with Gasteiger partial charge in [-0.05, 0) is 47.3 Å². The van der Waals surface area contributed by atoms with E-state index in [2.05, 4.69) is 53.0 Å². The van der Waals surface area contributed by atoms with Crippen LogP contribution in [0.2, 0.25) is 0 Å². The minimum absolute atomic E-state index is 0.538. The molecule has 2 aromatic heterocycles. The molecule has 24 heavy (non-hydrogen) atoms. The third-order valence-corrected chi connectivity index (χ3v) is 5.79. The second kappa shape index (κ2) is 5.89. The lowest BCUT2D eigenvalue weighted by atomic mass is 9.87. The van der Waals surface area contributed by atoms with Crippen LogP contribution in [0.4, 0.5) is 0 Å². The van der Waals surface area contributed by atoms with E-state index in [9.17, 15) is 0 Å². The summed E-state index contributed by atoms with van der Waals surface area (Å²) in [6.45, 7) is 3.93. The molecule has 2 aromatic rings. The fourth-order valence-electron chi connectivity index (χ4n) is 3.87. The smallest absolute Gasteiger partial charge is 0.230 e. The predicted octanol–water partition coefficient (Wildman–Crippen LogP) is 2.56. The van der Waals surface area contributed by atoms with Crippen molar-refractivity contribution in [2.75, 3.05) is 13.1 Å². The molecule has 2 unspecified atom stereocenters. The molecule has 0 amide bonds. The van der Waals surface area contributed by atoms with Crippen LogP contribution < -0.4 is 0 Å². The molecular weight excluding hydrogens is 370 g/mol. The minimum atomic E-state index is 0.538. The van der Waals surface area contributed by atoms with Gasteiger partial charge in [-0.1, -0.05) is 0 Å². The summed E-state index contributed by atoms with van der Waals surface area (Å²) < 4.78 is 6.85. The highest BCUT2D eigenvalue weighted by molar-refractivity contribution is 9.10. The Morgan fingerprint density at radius 3 is 2.67 bits per heavy atom. The fraction of sp³-hybridized carbons (Fsp3) is 0.588. The lowest BCUT2D eigenvalue weighted by molar-refractivity contribution is -0.0816. The summed E-state index contributed by atoms with van der Waals surface area (Å²) in [6.07, 6.45) is 5.57. The van der Waals surface area contributed by atoms with Gasteiger partial charge in [-0.25, -0.2) is 0 Å². The standard InChI is InChI=1S/C17H20BrN5O/c18-12-3-4-13(19-6-12)7-22-8-14-5-15(9-22)23(14)10-16-20-21-17(24-16)11-1-2-11/h3-4,6,11,14-15H,1-2,5,7-10H2. The first-order valence-corrected chi connectivity index (χ1v) is 9.45. The van der Waals surface area contributed by atoms with Crippen LogP contribution in [0.5, 0.6) is 0 Å². The van der Waals surface area contributed by atoms with E-state index in [0.29, 0.717) is 18.0 Å². The molecule has 0 N–H and O–H groups in total. The fourth-order valence-corrected chi connectivity index (χ4v) is 4.11. The maximum atomic E-state index is 5.82. The third-order valence-electron chi connectivity index (χ3n) is 5.32. The molecule has 4 aliphatic rings. The lowest BCUT2D eigenvalue weighted by Crippen LogP contribution is -2.67. The molecule has 0 spiro atoms. The number of piperazine rings is 1. The van der Waals surface area contributed by atoms with Crippen molar-refractivity contribution in [3.63, 3.8) is 0 Å². The molecule has 6 rings (SSSR count). The number of halogens is 1. The highest BCUT2D eigenvalue weighted by Gasteiger charge is 2.45.